The fourth-order valence-electron chi connectivity index (χ4n) is 1.89. The minimum atomic E-state index is -4.72. The lowest BCUT2D eigenvalue weighted by Crippen LogP contribution is -2.25. The number of benzene rings is 1. The van der Waals surface area contributed by atoms with Gasteiger partial charge in [-0.15, -0.1) is 18.3 Å². The first-order chi connectivity index (χ1) is 10.0. The Hall–Kier alpha value is -1.67. The highest BCUT2D eigenvalue weighted by Crippen LogP contribution is 2.34. The minimum absolute atomic E-state index is 0.216. The number of nitrogens with one attached hydrogen (secondary N) is 1. The molecule has 1 heterocycles. The molecule has 0 radical (unpaired) electrons. The molecule has 0 fully saturated rings. The highest BCUT2D eigenvalue weighted by atomic mass is 32.1. The maximum atomic E-state index is 12.5. The number of aromatic nitrogens is 2. The quantitative estimate of drug-likeness (QED) is 0.885. The van der Waals surface area contributed by atoms with Crippen molar-refractivity contribution in [3.63, 3.8) is 0 Å². The highest BCUT2D eigenvalue weighted by molar-refractivity contribution is 7.05. The van der Waals surface area contributed by atoms with Gasteiger partial charge in [-0.25, -0.2) is 0 Å². The second-order valence-electron chi connectivity index (χ2n) is 4.29. The summed E-state index contributed by atoms with van der Waals surface area (Å²) in [5, 5.41) is 6.94. The first-order valence-corrected chi connectivity index (χ1v) is 7.14. The van der Waals surface area contributed by atoms with E-state index in [1.54, 1.807) is 18.3 Å². The molecule has 0 aliphatic heterocycles. The van der Waals surface area contributed by atoms with Gasteiger partial charge in [-0.2, -0.15) is 0 Å². The van der Waals surface area contributed by atoms with Gasteiger partial charge in [0.25, 0.3) is 0 Å². The van der Waals surface area contributed by atoms with Gasteiger partial charge in [-0.1, -0.05) is 29.6 Å². The van der Waals surface area contributed by atoms with E-state index in [9.17, 15) is 13.2 Å². The number of hydrogen-bond acceptors (Lipinski definition) is 5. The number of alkyl halides is 3. The fourth-order valence-corrected chi connectivity index (χ4v) is 2.49. The Morgan fingerprint density at radius 1 is 1.33 bits per heavy atom. The third kappa shape index (κ3) is 4.40. The van der Waals surface area contributed by atoms with E-state index < -0.39 is 12.4 Å². The molecule has 8 heteroatoms. The average Bonchev–Trinajstić information content (AvgIpc) is 2.93. The summed E-state index contributed by atoms with van der Waals surface area (Å²) in [5.74, 6) is -0.216. The van der Waals surface area contributed by atoms with Crippen molar-refractivity contribution < 1.29 is 17.9 Å². The van der Waals surface area contributed by atoms with Gasteiger partial charge in [0.15, 0.2) is 0 Å². The van der Waals surface area contributed by atoms with Crippen LogP contribution < -0.4 is 10.1 Å². The van der Waals surface area contributed by atoms with Crippen LogP contribution in [0.3, 0.4) is 0 Å². The van der Waals surface area contributed by atoms with E-state index in [2.05, 4.69) is 19.6 Å². The number of ether oxygens (including phenoxy) is 1. The molecule has 0 saturated heterocycles. The fraction of sp³-hybridized carbons (Fsp3) is 0.385. The Labute approximate surface area is 124 Å². The van der Waals surface area contributed by atoms with Gasteiger partial charge in [-0.3, -0.25) is 0 Å². The molecule has 1 atom stereocenters. The van der Waals surface area contributed by atoms with Crippen LogP contribution in [-0.2, 0) is 0 Å². The summed E-state index contributed by atoms with van der Waals surface area (Å²) in [7, 11) is 0. The van der Waals surface area contributed by atoms with Crippen molar-refractivity contribution in [2.24, 2.45) is 0 Å². The average molecular weight is 317 g/mol. The predicted molar refractivity (Wildman–Crippen MR) is 73.2 cm³/mol. The zero-order valence-corrected chi connectivity index (χ0v) is 12.0. The zero-order chi connectivity index (χ0) is 15.3. The predicted octanol–water partition coefficient (Wildman–Crippen LogP) is 3.53. The van der Waals surface area contributed by atoms with Crippen LogP contribution >= 0.6 is 11.5 Å². The van der Waals surface area contributed by atoms with E-state index in [1.807, 2.05) is 6.92 Å². The number of halogens is 3. The minimum Gasteiger partial charge on any atom is -0.405 e. The summed E-state index contributed by atoms with van der Waals surface area (Å²) in [5.41, 5.74) is 0.411. The van der Waals surface area contributed by atoms with Gasteiger partial charge in [0.1, 0.15) is 5.75 Å². The van der Waals surface area contributed by atoms with Crippen molar-refractivity contribution in [1.82, 2.24) is 14.9 Å². The lowest BCUT2D eigenvalue weighted by molar-refractivity contribution is -0.275. The van der Waals surface area contributed by atoms with Crippen LogP contribution in [0.2, 0.25) is 0 Å². The summed E-state index contributed by atoms with van der Waals surface area (Å²) >= 11 is 1.14. The summed E-state index contributed by atoms with van der Waals surface area (Å²) < 4.78 is 45.4. The maximum absolute atomic E-state index is 12.5. The van der Waals surface area contributed by atoms with Crippen LogP contribution in [-0.4, -0.2) is 22.5 Å². The van der Waals surface area contributed by atoms with Gasteiger partial charge in [0.05, 0.1) is 17.1 Å². The third-order valence-electron chi connectivity index (χ3n) is 2.72. The van der Waals surface area contributed by atoms with Crippen molar-refractivity contribution in [3.8, 4) is 5.75 Å². The molecule has 0 saturated carbocycles. The smallest absolute Gasteiger partial charge is 0.405 e. The maximum Gasteiger partial charge on any atom is 0.573 e. The molecule has 114 valence electrons. The highest BCUT2D eigenvalue weighted by Gasteiger charge is 2.33. The second-order valence-corrected chi connectivity index (χ2v) is 5.11. The molecule has 0 aliphatic carbocycles. The Morgan fingerprint density at radius 3 is 2.71 bits per heavy atom. The Balaban J connectivity index is 2.35. The molecule has 0 bridgehead atoms. The first-order valence-electron chi connectivity index (χ1n) is 6.36. The summed E-state index contributed by atoms with van der Waals surface area (Å²) in [6.45, 7) is 2.63. The molecule has 2 aromatic rings. The molecule has 0 spiro atoms. The number of rotatable bonds is 6. The molecule has 21 heavy (non-hydrogen) atoms. The molecule has 1 aromatic heterocycles. The van der Waals surface area contributed by atoms with E-state index in [0.717, 1.165) is 22.8 Å². The van der Waals surface area contributed by atoms with Gasteiger partial charge < -0.3 is 10.1 Å². The van der Waals surface area contributed by atoms with E-state index in [-0.39, 0.29) is 5.75 Å². The topological polar surface area (TPSA) is 47.0 Å². The Bertz CT molecular complexity index is 560. The molecule has 0 aliphatic rings. The molecule has 1 aromatic carbocycles. The summed E-state index contributed by atoms with van der Waals surface area (Å²) in [4.78, 5) is 0.738. The summed E-state index contributed by atoms with van der Waals surface area (Å²) in [6, 6.07) is 5.66. The largest absolute Gasteiger partial charge is 0.573 e. The van der Waals surface area contributed by atoms with Crippen molar-refractivity contribution in [3.05, 3.63) is 40.9 Å². The SMILES string of the molecule is CCCNC(c1cnns1)c1ccccc1OC(F)(F)F. The molecular weight excluding hydrogens is 303 g/mol. The van der Waals surface area contributed by atoms with Crippen molar-refractivity contribution >= 4 is 11.5 Å². The van der Waals surface area contributed by atoms with Crippen LogP contribution in [0.15, 0.2) is 30.5 Å². The zero-order valence-electron chi connectivity index (χ0n) is 11.2. The molecule has 4 nitrogen and oxygen atoms in total. The van der Waals surface area contributed by atoms with Gasteiger partial charge in [-0.05, 0) is 30.6 Å². The monoisotopic (exact) mass is 317 g/mol. The first kappa shape index (κ1) is 15.7. The number of hydrogen-bond donors (Lipinski definition) is 1. The molecule has 1 N–H and O–H groups in total. The normalized spacial score (nSPS) is 13.1. The van der Waals surface area contributed by atoms with E-state index in [4.69, 9.17) is 0 Å². The van der Waals surface area contributed by atoms with E-state index in [0.29, 0.717) is 12.1 Å². The Morgan fingerprint density at radius 2 is 2.10 bits per heavy atom. The van der Waals surface area contributed by atoms with Gasteiger partial charge >= 0.3 is 6.36 Å². The van der Waals surface area contributed by atoms with E-state index in [1.165, 1.54) is 12.1 Å². The van der Waals surface area contributed by atoms with Crippen LogP contribution in [0.1, 0.15) is 29.8 Å². The number of para-hydroxylation sites is 1. The van der Waals surface area contributed by atoms with Crippen LogP contribution in [0.25, 0.3) is 0 Å². The lowest BCUT2D eigenvalue weighted by atomic mass is 10.0. The lowest BCUT2D eigenvalue weighted by Gasteiger charge is -2.20. The van der Waals surface area contributed by atoms with Crippen LogP contribution in [0.5, 0.6) is 5.75 Å². The molecule has 0 amide bonds. The Kier molecular flexibility index (Phi) is 5.13. The van der Waals surface area contributed by atoms with Crippen molar-refractivity contribution in [1.29, 1.82) is 0 Å². The standard InChI is InChI=1S/C13H14F3N3OS/c1-2-7-17-12(11-8-18-19-21-11)9-5-3-4-6-10(9)20-13(14,15)16/h3-6,8,12,17H,2,7H2,1H3. The van der Waals surface area contributed by atoms with Gasteiger partial charge in [0.2, 0.25) is 0 Å². The molecule has 1 unspecified atom stereocenters. The van der Waals surface area contributed by atoms with E-state index >= 15 is 0 Å². The van der Waals surface area contributed by atoms with Gasteiger partial charge in [0, 0.05) is 5.56 Å². The summed E-state index contributed by atoms with van der Waals surface area (Å²) in [6.07, 6.45) is -2.33. The van der Waals surface area contributed by atoms with Crippen LogP contribution in [0.4, 0.5) is 13.2 Å². The third-order valence-corrected chi connectivity index (χ3v) is 3.44. The van der Waals surface area contributed by atoms with Crippen molar-refractivity contribution in [2.75, 3.05) is 6.54 Å². The second kappa shape index (κ2) is 6.86. The number of nitrogens with zero attached hydrogens (tertiary/aromatic N) is 2. The van der Waals surface area contributed by atoms with Crippen LogP contribution in [0, 0.1) is 0 Å². The molecule has 2 rings (SSSR count). The van der Waals surface area contributed by atoms with Crippen molar-refractivity contribution in [2.45, 2.75) is 25.7 Å². The molecular formula is C13H14F3N3OS.